The Hall–Kier alpha value is -1.92. The van der Waals surface area contributed by atoms with Crippen molar-refractivity contribution in [2.75, 3.05) is 46.4 Å². The molecule has 4 rings (SSSR count). The van der Waals surface area contributed by atoms with Crippen LogP contribution in [0.1, 0.15) is 69.4 Å². The van der Waals surface area contributed by atoms with E-state index in [0.717, 1.165) is 63.5 Å². The van der Waals surface area contributed by atoms with E-state index in [1.807, 2.05) is 44.4 Å². The summed E-state index contributed by atoms with van der Waals surface area (Å²) in [6, 6.07) is 19.1. The lowest BCUT2D eigenvalue weighted by atomic mass is 9.78. The number of hydrogen-bond donors (Lipinski definition) is 1. The predicted molar refractivity (Wildman–Crippen MR) is 147 cm³/mol. The lowest BCUT2D eigenvalue weighted by Crippen LogP contribution is -2.55. The SMILES string of the molecule is CCCCOc1ccc([C@](C)(O)[C@H](CN2CCN([C@H]3CCCC[C@H]3OC)CC2)c2ccccc2)cc1. The molecule has 1 aliphatic heterocycles. The van der Waals surface area contributed by atoms with Crippen molar-refractivity contribution in [1.82, 2.24) is 9.80 Å². The smallest absolute Gasteiger partial charge is 0.119 e. The highest BCUT2D eigenvalue weighted by Gasteiger charge is 2.38. The fraction of sp³-hybridized carbons (Fsp3) is 0.613. The first-order valence-electron chi connectivity index (χ1n) is 14.0. The first kappa shape index (κ1) is 27.1. The lowest BCUT2D eigenvalue weighted by Gasteiger charge is -2.45. The Morgan fingerprint density at radius 3 is 2.33 bits per heavy atom. The molecule has 5 heteroatoms. The van der Waals surface area contributed by atoms with E-state index in [0.29, 0.717) is 12.1 Å². The van der Waals surface area contributed by atoms with Crippen LogP contribution < -0.4 is 4.74 Å². The molecule has 0 amide bonds. The van der Waals surface area contributed by atoms with E-state index in [4.69, 9.17) is 9.47 Å². The van der Waals surface area contributed by atoms with Crippen LogP contribution in [0.4, 0.5) is 0 Å². The third kappa shape index (κ3) is 6.69. The number of hydrogen-bond acceptors (Lipinski definition) is 5. The van der Waals surface area contributed by atoms with Gasteiger partial charge in [0.15, 0.2) is 0 Å². The largest absolute Gasteiger partial charge is 0.494 e. The summed E-state index contributed by atoms with van der Waals surface area (Å²) in [6.07, 6.45) is 7.57. The summed E-state index contributed by atoms with van der Waals surface area (Å²) in [4.78, 5) is 5.19. The van der Waals surface area contributed by atoms with Gasteiger partial charge in [-0.3, -0.25) is 4.90 Å². The molecule has 1 aliphatic carbocycles. The number of methoxy groups -OCH3 is 1. The first-order valence-corrected chi connectivity index (χ1v) is 14.0. The van der Waals surface area contributed by atoms with Gasteiger partial charge in [0.25, 0.3) is 0 Å². The topological polar surface area (TPSA) is 45.2 Å². The molecule has 1 saturated carbocycles. The van der Waals surface area contributed by atoms with Gasteiger partial charge in [-0.25, -0.2) is 0 Å². The molecule has 2 aliphatic rings. The molecule has 1 N–H and O–H groups in total. The standard InChI is InChI=1S/C31H46N2O3/c1-4-5-23-36-27-17-15-26(16-18-27)31(2,34)28(25-11-7-6-8-12-25)24-32-19-21-33(22-20-32)29-13-9-10-14-30(29)35-3/h6-8,11-12,15-18,28-30,34H,4-5,9-10,13-14,19-24H2,1-3H3/t28-,29+,30-,31+/m1/s1. The van der Waals surface area contributed by atoms with E-state index < -0.39 is 5.60 Å². The van der Waals surface area contributed by atoms with E-state index in [1.165, 1.54) is 31.2 Å². The van der Waals surface area contributed by atoms with Gasteiger partial charge >= 0.3 is 0 Å². The van der Waals surface area contributed by atoms with Crippen LogP contribution in [0.25, 0.3) is 0 Å². The van der Waals surface area contributed by atoms with E-state index in [9.17, 15) is 5.11 Å². The number of aliphatic hydroxyl groups is 1. The second kappa shape index (κ2) is 13.0. The Morgan fingerprint density at radius 1 is 0.972 bits per heavy atom. The summed E-state index contributed by atoms with van der Waals surface area (Å²) in [5.41, 5.74) is 1.12. The number of ether oxygens (including phenoxy) is 2. The highest BCUT2D eigenvalue weighted by Crippen LogP contribution is 2.38. The monoisotopic (exact) mass is 494 g/mol. The van der Waals surface area contributed by atoms with Crippen molar-refractivity contribution in [3.8, 4) is 5.75 Å². The molecule has 5 nitrogen and oxygen atoms in total. The molecule has 2 aromatic carbocycles. The Morgan fingerprint density at radius 2 is 1.67 bits per heavy atom. The van der Waals surface area contributed by atoms with Gasteiger partial charge in [-0.05, 0) is 49.4 Å². The maximum absolute atomic E-state index is 12.0. The van der Waals surface area contributed by atoms with Crippen LogP contribution >= 0.6 is 0 Å². The Kier molecular flexibility index (Phi) is 9.83. The maximum Gasteiger partial charge on any atom is 0.119 e. The molecular formula is C31H46N2O3. The summed E-state index contributed by atoms with van der Waals surface area (Å²) >= 11 is 0. The molecular weight excluding hydrogens is 448 g/mol. The maximum atomic E-state index is 12.0. The van der Waals surface area contributed by atoms with Crippen molar-refractivity contribution in [3.63, 3.8) is 0 Å². The minimum Gasteiger partial charge on any atom is -0.494 e. The summed E-state index contributed by atoms with van der Waals surface area (Å²) in [7, 11) is 1.87. The minimum absolute atomic E-state index is 0.0292. The molecule has 1 heterocycles. The van der Waals surface area contributed by atoms with E-state index in [-0.39, 0.29) is 5.92 Å². The van der Waals surface area contributed by atoms with Crippen molar-refractivity contribution in [2.45, 2.75) is 76.0 Å². The van der Waals surface area contributed by atoms with Crippen molar-refractivity contribution in [1.29, 1.82) is 0 Å². The fourth-order valence-corrected chi connectivity index (χ4v) is 6.02. The minimum atomic E-state index is -0.995. The Balaban J connectivity index is 1.44. The van der Waals surface area contributed by atoms with Gasteiger partial charge in [0.05, 0.1) is 18.3 Å². The van der Waals surface area contributed by atoms with Crippen LogP contribution in [0.3, 0.4) is 0 Å². The predicted octanol–water partition coefficient (Wildman–Crippen LogP) is 5.43. The third-order valence-corrected chi connectivity index (χ3v) is 8.37. The lowest BCUT2D eigenvalue weighted by molar-refractivity contribution is -0.0342. The average Bonchev–Trinajstić information content (AvgIpc) is 2.93. The first-order chi connectivity index (χ1) is 17.5. The molecule has 0 bridgehead atoms. The van der Waals surface area contributed by atoms with Crippen LogP contribution in [0.15, 0.2) is 54.6 Å². The van der Waals surface area contributed by atoms with Crippen LogP contribution in [0, 0.1) is 0 Å². The van der Waals surface area contributed by atoms with Gasteiger partial charge in [0.2, 0.25) is 0 Å². The molecule has 0 unspecified atom stereocenters. The second-order valence-corrected chi connectivity index (χ2v) is 10.8. The molecule has 0 spiro atoms. The Bertz CT molecular complexity index is 894. The fourth-order valence-electron chi connectivity index (χ4n) is 6.02. The molecule has 198 valence electrons. The van der Waals surface area contributed by atoms with Crippen molar-refractivity contribution >= 4 is 0 Å². The molecule has 4 atom stereocenters. The number of unbranched alkanes of at least 4 members (excludes halogenated alkanes) is 1. The molecule has 2 aromatic rings. The molecule has 1 saturated heterocycles. The number of piperazine rings is 1. The van der Waals surface area contributed by atoms with E-state index in [2.05, 4.69) is 41.0 Å². The van der Waals surface area contributed by atoms with Crippen LogP contribution in [0.5, 0.6) is 5.75 Å². The number of nitrogens with zero attached hydrogens (tertiary/aromatic N) is 2. The van der Waals surface area contributed by atoms with Crippen molar-refractivity contribution in [3.05, 3.63) is 65.7 Å². The van der Waals surface area contributed by atoms with Gasteiger partial charge in [-0.2, -0.15) is 0 Å². The molecule has 36 heavy (non-hydrogen) atoms. The molecule has 0 aromatic heterocycles. The highest BCUT2D eigenvalue weighted by atomic mass is 16.5. The summed E-state index contributed by atoms with van der Waals surface area (Å²) < 4.78 is 11.7. The van der Waals surface area contributed by atoms with Gasteiger partial charge in [0.1, 0.15) is 5.75 Å². The van der Waals surface area contributed by atoms with Crippen LogP contribution in [-0.4, -0.2) is 73.5 Å². The van der Waals surface area contributed by atoms with Gasteiger partial charge < -0.3 is 19.5 Å². The zero-order chi connectivity index (χ0) is 25.4. The Labute approximate surface area is 218 Å². The normalized spacial score (nSPS) is 24.2. The van der Waals surface area contributed by atoms with Gasteiger partial charge in [-0.1, -0.05) is 68.7 Å². The number of benzene rings is 2. The quantitative estimate of drug-likeness (QED) is 0.422. The molecule has 2 fully saturated rings. The molecule has 0 radical (unpaired) electrons. The highest BCUT2D eigenvalue weighted by molar-refractivity contribution is 5.35. The van der Waals surface area contributed by atoms with Crippen molar-refractivity contribution < 1.29 is 14.6 Å². The summed E-state index contributed by atoms with van der Waals surface area (Å²) in [6.45, 7) is 9.89. The van der Waals surface area contributed by atoms with E-state index >= 15 is 0 Å². The van der Waals surface area contributed by atoms with Crippen LogP contribution in [0.2, 0.25) is 0 Å². The van der Waals surface area contributed by atoms with Gasteiger partial charge in [0, 0.05) is 51.8 Å². The second-order valence-electron chi connectivity index (χ2n) is 10.8. The zero-order valence-corrected chi connectivity index (χ0v) is 22.6. The number of rotatable bonds is 11. The van der Waals surface area contributed by atoms with Gasteiger partial charge in [-0.15, -0.1) is 0 Å². The summed E-state index contributed by atoms with van der Waals surface area (Å²) in [5, 5.41) is 12.0. The third-order valence-electron chi connectivity index (χ3n) is 8.37. The average molecular weight is 495 g/mol. The zero-order valence-electron chi connectivity index (χ0n) is 22.6. The van der Waals surface area contributed by atoms with Crippen molar-refractivity contribution in [2.24, 2.45) is 0 Å². The van der Waals surface area contributed by atoms with Crippen LogP contribution in [-0.2, 0) is 10.3 Å². The summed E-state index contributed by atoms with van der Waals surface area (Å²) in [5.74, 6) is 0.839. The van der Waals surface area contributed by atoms with E-state index in [1.54, 1.807) is 0 Å².